The zero-order valence-electron chi connectivity index (χ0n) is 14.7. The lowest BCUT2D eigenvalue weighted by atomic mass is 10.1. The van der Waals surface area contributed by atoms with Gasteiger partial charge in [-0.25, -0.2) is 0 Å². The third-order valence-electron chi connectivity index (χ3n) is 5.21. The standard InChI is InChI=1S/C20H24N4O/c1-15-13-21-14-18(22-15)19-5-4-12-24(19)20(25)16-6-8-17(9-7-16)23-10-2-3-11-23/h6-9,13-14,19H,2-5,10-12H2,1H3. The molecule has 0 radical (unpaired) electrons. The molecule has 1 aromatic heterocycles. The van der Waals surface area contributed by atoms with E-state index in [2.05, 4.69) is 27.0 Å². The van der Waals surface area contributed by atoms with Gasteiger partial charge in [0, 0.05) is 37.1 Å². The van der Waals surface area contributed by atoms with Crippen molar-refractivity contribution in [3.8, 4) is 0 Å². The molecular weight excluding hydrogens is 312 g/mol. The third kappa shape index (κ3) is 3.23. The number of aryl methyl sites for hydroxylation is 1. The number of amides is 1. The number of hydrogen-bond donors (Lipinski definition) is 0. The van der Waals surface area contributed by atoms with Gasteiger partial charge in [-0.2, -0.15) is 0 Å². The van der Waals surface area contributed by atoms with E-state index in [1.807, 2.05) is 24.0 Å². The molecule has 1 atom stereocenters. The van der Waals surface area contributed by atoms with Gasteiger partial charge in [0.15, 0.2) is 0 Å². The van der Waals surface area contributed by atoms with Crippen LogP contribution < -0.4 is 4.90 Å². The van der Waals surface area contributed by atoms with Crippen molar-refractivity contribution in [2.75, 3.05) is 24.5 Å². The highest BCUT2D eigenvalue weighted by molar-refractivity contribution is 5.95. The summed E-state index contributed by atoms with van der Waals surface area (Å²) in [5.74, 6) is 0.0961. The van der Waals surface area contributed by atoms with Crippen LogP contribution in [0, 0.1) is 6.92 Å². The Labute approximate surface area is 148 Å². The van der Waals surface area contributed by atoms with Crippen molar-refractivity contribution in [3.63, 3.8) is 0 Å². The first-order chi connectivity index (χ1) is 12.2. The molecule has 0 N–H and O–H groups in total. The van der Waals surface area contributed by atoms with Crippen molar-refractivity contribution in [1.82, 2.24) is 14.9 Å². The Balaban J connectivity index is 1.53. The Hall–Kier alpha value is -2.43. The van der Waals surface area contributed by atoms with Crippen LogP contribution in [0.1, 0.15) is 53.5 Å². The van der Waals surface area contributed by atoms with E-state index >= 15 is 0 Å². The molecule has 2 fully saturated rings. The lowest BCUT2D eigenvalue weighted by molar-refractivity contribution is 0.0732. The summed E-state index contributed by atoms with van der Waals surface area (Å²) in [7, 11) is 0. The summed E-state index contributed by atoms with van der Waals surface area (Å²) in [5, 5.41) is 0. The predicted octanol–water partition coefficient (Wildman–Crippen LogP) is 3.36. The van der Waals surface area contributed by atoms with Gasteiger partial charge < -0.3 is 9.80 Å². The molecule has 0 aliphatic carbocycles. The lowest BCUT2D eigenvalue weighted by Crippen LogP contribution is -2.31. The Kier molecular flexibility index (Phi) is 4.38. The predicted molar refractivity (Wildman–Crippen MR) is 97.7 cm³/mol. The van der Waals surface area contributed by atoms with E-state index in [0.29, 0.717) is 0 Å². The number of rotatable bonds is 3. The van der Waals surface area contributed by atoms with Crippen LogP contribution in [0.4, 0.5) is 5.69 Å². The molecule has 0 saturated carbocycles. The second kappa shape index (κ2) is 6.82. The Morgan fingerprint density at radius 2 is 1.80 bits per heavy atom. The van der Waals surface area contributed by atoms with Crippen LogP contribution in [0.3, 0.4) is 0 Å². The van der Waals surface area contributed by atoms with Crippen molar-refractivity contribution in [3.05, 3.63) is 53.6 Å². The molecule has 2 saturated heterocycles. The summed E-state index contributed by atoms with van der Waals surface area (Å²) < 4.78 is 0. The molecule has 0 spiro atoms. The minimum Gasteiger partial charge on any atom is -0.372 e. The Morgan fingerprint density at radius 3 is 2.52 bits per heavy atom. The molecular formula is C20H24N4O. The van der Waals surface area contributed by atoms with E-state index in [1.54, 1.807) is 12.4 Å². The lowest BCUT2D eigenvalue weighted by Gasteiger charge is -2.25. The number of anilines is 1. The maximum absolute atomic E-state index is 13.0. The van der Waals surface area contributed by atoms with Crippen molar-refractivity contribution in [2.45, 2.75) is 38.6 Å². The van der Waals surface area contributed by atoms with Crippen LogP contribution in [0.25, 0.3) is 0 Å². The number of hydrogen-bond acceptors (Lipinski definition) is 4. The van der Waals surface area contributed by atoms with Gasteiger partial charge in [-0.05, 0) is 56.9 Å². The normalized spacial score (nSPS) is 20.3. The molecule has 2 aliphatic rings. The van der Waals surface area contributed by atoms with Crippen molar-refractivity contribution < 1.29 is 4.79 Å². The molecule has 5 nitrogen and oxygen atoms in total. The zero-order chi connectivity index (χ0) is 17.2. The minimum atomic E-state index is 0.0400. The van der Waals surface area contributed by atoms with E-state index in [9.17, 15) is 4.79 Å². The average molecular weight is 336 g/mol. The van der Waals surface area contributed by atoms with Crippen LogP contribution in [-0.2, 0) is 0 Å². The van der Waals surface area contributed by atoms with Crippen molar-refractivity contribution in [1.29, 1.82) is 0 Å². The molecule has 5 heteroatoms. The second-order valence-electron chi connectivity index (χ2n) is 6.98. The summed E-state index contributed by atoms with van der Waals surface area (Å²) in [6.07, 6.45) is 8.02. The molecule has 2 aromatic rings. The molecule has 1 amide bonds. The quantitative estimate of drug-likeness (QED) is 0.862. The fourth-order valence-corrected chi connectivity index (χ4v) is 3.92. The monoisotopic (exact) mass is 336 g/mol. The summed E-state index contributed by atoms with van der Waals surface area (Å²) in [5.41, 5.74) is 3.78. The van der Waals surface area contributed by atoms with Crippen LogP contribution in [0.15, 0.2) is 36.7 Å². The number of benzene rings is 1. The Bertz CT molecular complexity index is 753. The summed E-state index contributed by atoms with van der Waals surface area (Å²) in [6, 6.07) is 8.13. The number of carbonyl (C=O) groups is 1. The van der Waals surface area contributed by atoms with Crippen LogP contribution >= 0.6 is 0 Å². The molecule has 0 bridgehead atoms. The van der Waals surface area contributed by atoms with E-state index in [4.69, 9.17) is 0 Å². The van der Waals surface area contributed by atoms with E-state index in [1.165, 1.54) is 18.5 Å². The van der Waals surface area contributed by atoms with Crippen molar-refractivity contribution in [2.24, 2.45) is 0 Å². The van der Waals surface area contributed by atoms with Gasteiger partial charge in [0.05, 0.1) is 23.6 Å². The largest absolute Gasteiger partial charge is 0.372 e. The molecule has 1 unspecified atom stereocenters. The van der Waals surface area contributed by atoms with Gasteiger partial charge in [0.1, 0.15) is 0 Å². The van der Waals surface area contributed by atoms with Gasteiger partial charge in [0.25, 0.3) is 5.91 Å². The Morgan fingerprint density at radius 1 is 1.04 bits per heavy atom. The first-order valence-corrected chi connectivity index (χ1v) is 9.17. The summed E-state index contributed by atoms with van der Waals surface area (Å²) in [4.78, 5) is 26.2. The molecule has 1 aromatic carbocycles. The highest BCUT2D eigenvalue weighted by atomic mass is 16.2. The molecule has 130 valence electrons. The van der Waals surface area contributed by atoms with Crippen LogP contribution in [-0.4, -0.2) is 40.4 Å². The van der Waals surface area contributed by atoms with Crippen LogP contribution in [0.2, 0.25) is 0 Å². The number of nitrogens with zero attached hydrogens (tertiary/aromatic N) is 4. The van der Waals surface area contributed by atoms with E-state index in [0.717, 1.165) is 49.4 Å². The first-order valence-electron chi connectivity index (χ1n) is 9.17. The molecule has 3 heterocycles. The molecule has 25 heavy (non-hydrogen) atoms. The smallest absolute Gasteiger partial charge is 0.254 e. The topological polar surface area (TPSA) is 49.3 Å². The highest BCUT2D eigenvalue weighted by Gasteiger charge is 2.31. The number of carbonyl (C=O) groups excluding carboxylic acids is 1. The average Bonchev–Trinajstić information content (AvgIpc) is 3.33. The highest BCUT2D eigenvalue weighted by Crippen LogP contribution is 2.32. The van der Waals surface area contributed by atoms with Gasteiger partial charge in [-0.1, -0.05) is 0 Å². The van der Waals surface area contributed by atoms with Gasteiger partial charge >= 0.3 is 0 Å². The van der Waals surface area contributed by atoms with Gasteiger partial charge in [0.2, 0.25) is 0 Å². The maximum atomic E-state index is 13.0. The van der Waals surface area contributed by atoms with Gasteiger partial charge in [-0.3, -0.25) is 14.8 Å². The SMILES string of the molecule is Cc1cncc(C2CCCN2C(=O)c2ccc(N3CCCC3)cc2)n1. The summed E-state index contributed by atoms with van der Waals surface area (Å²) in [6.45, 7) is 4.96. The van der Waals surface area contributed by atoms with Crippen molar-refractivity contribution >= 4 is 11.6 Å². The summed E-state index contributed by atoms with van der Waals surface area (Å²) >= 11 is 0. The first kappa shape index (κ1) is 16.1. The fourth-order valence-electron chi connectivity index (χ4n) is 3.92. The molecule has 2 aliphatic heterocycles. The number of aromatic nitrogens is 2. The minimum absolute atomic E-state index is 0.0400. The third-order valence-corrected chi connectivity index (χ3v) is 5.21. The van der Waals surface area contributed by atoms with E-state index in [-0.39, 0.29) is 11.9 Å². The fraction of sp³-hybridized carbons (Fsp3) is 0.450. The van der Waals surface area contributed by atoms with E-state index < -0.39 is 0 Å². The molecule has 4 rings (SSSR count). The second-order valence-corrected chi connectivity index (χ2v) is 6.98. The number of likely N-dealkylation sites (tertiary alicyclic amines) is 1. The van der Waals surface area contributed by atoms with Crippen LogP contribution in [0.5, 0.6) is 0 Å². The zero-order valence-corrected chi connectivity index (χ0v) is 14.7. The van der Waals surface area contributed by atoms with Gasteiger partial charge in [-0.15, -0.1) is 0 Å². The maximum Gasteiger partial charge on any atom is 0.254 e.